The molecule has 0 amide bonds. The zero-order valence-electron chi connectivity index (χ0n) is 7.29. The summed E-state index contributed by atoms with van der Waals surface area (Å²) in [4.78, 5) is 0. The Morgan fingerprint density at radius 2 is 1.83 bits per heavy atom. The molecular formula is C9H16O3. The van der Waals surface area contributed by atoms with Crippen molar-refractivity contribution < 1.29 is 14.6 Å². The second kappa shape index (κ2) is 3.32. The van der Waals surface area contributed by atoms with Gasteiger partial charge in [0.25, 0.3) is 0 Å². The number of aliphatic hydroxyl groups is 1. The van der Waals surface area contributed by atoms with Crippen molar-refractivity contribution in [2.24, 2.45) is 0 Å². The molecule has 70 valence electrons. The highest BCUT2D eigenvalue weighted by atomic mass is 16.7. The third-order valence-electron chi connectivity index (χ3n) is 2.90. The van der Waals surface area contributed by atoms with E-state index in [0.29, 0.717) is 13.2 Å². The molecule has 2 rings (SSSR count). The van der Waals surface area contributed by atoms with Crippen LogP contribution in [0, 0.1) is 0 Å². The number of aliphatic hydroxyl groups excluding tert-OH is 1. The summed E-state index contributed by atoms with van der Waals surface area (Å²) in [5, 5.41) is 9.64. The van der Waals surface area contributed by atoms with Crippen molar-refractivity contribution in [3.63, 3.8) is 0 Å². The third-order valence-corrected chi connectivity index (χ3v) is 2.90. The van der Waals surface area contributed by atoms with Gasteiger partial charge < -0.3 is 14.6 Å². The highest BCUT2D eigenvalue weighted by Gasteiger charge is 2.43. The van der Waals surface area contributed by atoms with Gasteiger partial charge in [0.1, 0.15) is 5.60 Å². The van der Waals surface area contributed by atoms with Gasteiger partial charge in [0, 0.05) is 0 Å². The molecule has 2 fully saturated rings. The van der Waals surface area contributed by atoms with E-state index in [4.69, 9.17) is 9.47 Å². The van der Waals surface area contributed by atoms with Crippen LogP contribution in [-0.4, -0.2) is 30.2 Å². The van der Waals surface area contributed by atoms with E-state index in [0.717, 1.165) is 25.7 Å². The normalized spacial score (nSPS) is 35.2. The molecule has 0 aromatic carbocycles. The summed E-state index contributed by atoms with van der Waals surface area (Å²) in [6, 6.07) is 0. The van der Waals surface area contributed by atoms with Crippen molar-refractivity contribution in [1.82, 2.24) is 0 Å². The van der Waals surface area contributed by atoms with Crippen LogP contribution in [0.4, 0.5) is 0 Å². The maximum Gasteiger partial charge on any atom is 0.184 e. The summed E-state index contributed by atoms with van der Waals surface area (Å²) in [5.41, 5.74) is -0.351. The number of hydrogen-bond donors (Lipinski definition) is 1. The van der Waals surface area contributed by atoms with Crippen LogP contribution in [0.3, 0.4) is 0 Å². The van der Waals surface area contributed by atoms with Gasteiger partial charge >= 0.3 is 0 Å². The van der Waals surface area contributed by atoms with Crippen molar-refractivity contribution in [2.45, 2.75) is 44.0 Å². The first-order valence-corrected chi connectivity index (χ1v) is 4.77. The zero-order valence-corrected chi connectivity index (χ0v) is 7.29. The maximum absolute atomic E-state index is 9.64. The predicted octanol–water partition coefficient (Wildman–Crippen LogP) is 1.05. The van der Waals surface area contributed by atoms with Crippen LogP contribution >= 0.6 is 0 Å². The molecule has 1 aliphatic heterocycles. The van der Waals surface area contributed by atoms with E-state index in [9.17, 15) is 5.11 Å². The molecule has 1 unspecified atom stereocenters. The third kappa shape index (κ3) is 1.37. The van der Waals surface area contributed by atoms with Crippen molar-refractivity contribution in [2.75, 3.05) is 13.2 Å². The van der Waals surface area contributed by atoms with E-state index in [1.165, 1.54) is 6.42 Å². The summed E-state index contributed by atoms with van der Waals surface area (Å²) in [5.74, 6) is 0. The van der Waals surface area contributed by atoms with E-state index in [-0.39, 0.29) is 5.60 Å². The first-order valence-electron chi connectivity index (χ1n) is 4.77. The van der Waals surface area contributed by atoms with E-state index in [1.807, 2.05) is 0 Å². The second-order valence-electron chi connectivity index (χ2n) is 3.70. The van der Waals surface area contributed by atoms with Crippen LogP contribution in [0.1, 0.15) is 32.1 Å². The van der Waals surface area contributed by atoms with Crippen LogP contribution in [0.15, 0.2) is 0 Å². The molecule has 0 aromatic heterocycles. The molecule has 1 saturated heterocycles. The maximum atomic E-state index is 9.64. The summed E-state index contributed by atoms with van der Waals surface area (Å²) in [6.07, 6.45) is 4.78. The fourth-order valence-corrected chi connectivity index (χ4v) is 2.17. The lowest BCUT2D eigenvalue weighted by molar-refractivity contribution is -0.286. The van der Waals surface area contributed by atoms with E-state index in [1.54, 1.807) is 0 Å². The fraction of sp³-hybridized carbons (Fsp3) is 1.00. The van der Waals surface area contributed by atoms with Crippen LogP contribution in [0.5, 0.6) is 0 Å². The standard InChI is InChI=1S/C9H16O3/c10-8-9(12-7-6-11-8)4-2-1-3-5-9/h8,10H,1-7H2. The minimum Gasteiger partial charge on any atom is -0.367 e. The monoisotopic (exact) mass is 172 g/mol. The lowest BCUT2D eigenvalue weighted by atomic mass is 9.83. The topological polar surface area (TPSA) is 38.7 Å². The van der Waals surface area contributed by atoms with Crippen LogP contribution in [-0.2, 0) is 9.47 Å². The molecule has 1 spiro atoms. The smallest absolute Gasteiger partial charge is 0.184 e. The Kier molecular flexibility index (Phi) is 2.35. The Labute approximate surface area is 72.7 Å². The average molecular weight is 172 g/mol. The highest BCUT2D eigenvalue weighted by Crippen LogP contribution is 2.36. The molecule has 0 aromatic rings. The van der Waals surface area contributed by atoms with Gasteiger partial charge in [-0.25, -0.2) is 0 Å². The Hall–Kier alpha value is -0.120. The Balaban J connectivity index is 2.04. The Morgan fingerprint density at radius 3 is 2.50 bits per heavy atom. The van der Waals surface area contributed by atoms with Gasteiger partial charge in [-0.15, -0.1) is 0 Å². The molecule has 3 heteroatoms. The second-order valence-corrected chi connectivity index (χ2v) is 3.70. The number of hydrogen-bond acceptors (Lipinski definition) is 3. The minimum absolute atomic E-state index is 0.351. The average Bonchev–Trinajstić information content (AvgIpc) is 2.12. The molecule has 3 nitrogen and oxygen atoms in total. The molecular weight excluding hydrogens is 156 g/mol. The van der Waals surface area contributed by atoms with Gasteiger partial charge in [-0.1, -0.05) is 19.3 Å². The van der Waals surface area contributed by atoms with Gasteiger partial charge in [-0.05, 0) is 12.8 Å². The molecule has 1 heterocycles. The van der Waals surface area contributed by atoms with Gasteiger partial charge in [0.05, 0.1) is 13.2 Å². The molecule has 1 atom stereocenters. The lowest BCUT2D eigenvalue weighted by Crippen LogP contribution is -2.52. The Morgan fingerprint density at radius 1 is 1.08 bits per heavy atom. The molecule has 1 aliphatic carbocycles. The van der Waals surface area contributed by atoms with Crippen molar-refractivity contribution >= 4 is 0 Å². The van der Waals surface area contributed by atoms with Crippen molar-refractivity contribution in [1.29, 1.82) is 0 Å². The van der Waals surface area contributed by atoms with E-state index in [2.05, 4.69) is 0 Å². The summed E-state index contributed by atoms with van der Waals surface area (Å²) >= 11 is 0. The highest BCUT2D eigenvalue weighted by molar-refractivity contribution is 4.88. The van der Waals surface area contributed by atoms with Crippen LogP contribution in [0.2, 0.25) is 0 Å². The first kappa shape index (κ1) is 8.48. The summed E-state index contributed by atoms with van der Waals surface area (Å²) < 4.78 is 10.8. The van der Waals surface area contributed by atoms with Gasteiger partial charge in [-0.2, -0.15) is 0 Å². The largest absolute Gasteiger partial charge is 0.367 e. The van der Waals surface area contributed by atoms with Crippen LogP contribution < -0.4 is 0 Å². The molecule has 1 N–H and O–H groups in total. The van der Waals surface area contributed by atoms with Gasteiger partial charge in [0.2, 0.25) is 0 Å². The summed E-state index contributed by atoms with van der Waals surface area (Å²) in [6.45, 7) is 1.17. The number of ether oxygens (including phenoxy) is 2. The SMILES string of the molecule is OC1OCCOC12CCCCC2. The van der Waals surface area contributed by atoms with Gasteiger partial charge in [0.15, 0.2) is 6.29 Å². The first-order chi connectivity index (χ1) is 5.83. The van der Waals surface area contributed by atoms with E-state index >= 15 is 0 Å². The molecule has 12 heavy (non-hydrogen) atoms. The van der Waals surface area contributed by atoms with Crippen molar-refractivity contribution in [3.05, 3.63) is 0 Å². The van der Waals surface area contributed by atoms with E-state index < -0.39 is 6.29 Å². The summed E-state index contributed by atoms with van der Waals surface area (Å²) in [7, 11) is 0. The number of rotatable bonds is 0. The fourth-order valence-electron chi connectivity index (χ4n) is 2.17. The quantitative estimate of drug-likeness (QED) is 0.593. The lowest BCUT2D eigenvalue weighted by Gasteiger charge is -2.43. The molecule has 2 aliphatic rings. The van der Waals surface area contributed by atoms with Crippen LogP contribution in [0.25, 0.3) is 0 Å². The zero-order chi connectivity index (χ0) is 8.44. The molecule has 1 saturated carbocycles. The molecule has 0 bridgehead atoms. The van der Waals surface area contributed by atoms with Crippen molar-refractivity contribution in [3.8, 4) is 0 Å². The minimum atomic E-state index is -0.688. The predicted molar refractivity (Wildman–Crippen MR) is 43.7 cm³/mol. The Bertz CT molecular complexity index is 144. The van der Waals surface area contributed by atoms with Gasteiger partial charge in [-0.3, -0.25) is 0 Å². The molecule has 0 radical (unpaired) electrons.